The summed E-state index contributed by atoms with van der Waals surface area (Å²) < 4.78 is 12.7. The van der Waals surface area contributed by atoms with E-state index in [1.54, 1.807) is 23.1 Å². The Morgan fingerprint density at radius 3 is 2.88 bits per heavy atom. The zero-order valence-corrected chi connectivity index (χ0v) is 13.5. The normalized spacial score (nSPS) is 16.3. The predicted octanol–water partition coefficient (Wildman–Crippen LogP) is 2.90. The second-order valence-electron chi connectivity index (χ2n) is 5.67. The highest BCUT2D eigenvalue weighted by Crippen LogP contribution is 2.35. The van der Waals surface area contributed by atoms with Crippen LogP contribution in [0.15, 0.2) is 70.7 Å². The van der Waals surface area contributed by atoms with Gasteiger partial charge in [0.2, 0.25) is 5.95 Å². The summed E-state index contributed by atoms with van der Waals surface area (Å²) in [5.41, 5.74) is 2.04. The Kier molecular flexibility index (Phi) is 3.81. The van der Waals surface area contributed by atoms with E-state index in [1.807, 2.05) is 37.3 Å². The Bertz CT molecular complexity index is 913. The molecule has 7 nitrogen and oxygen atoms in total. The SMILES string of the molecule is CC1=C(C(=O)OCc2ccccc2)[C@@H](c2ccco2)n2ncnc2N1. The fourth-order valence-electron chi connectivity index (χ4n) is 2.87. The fraction of sp³-hybridized carbons (Fsp3) is 0.167. The van der Waals surface area contributed by atoms with E-state index in [0.717, 1.165) is 5.56 Å². The largest absolute Gasteiger partial charge is 0.467 e. The molecule has 2 aromatic heterocycles. The second-order valence-corrected chi connectivity index (χ2v) is 5.67. The monoisotopic (exact) mass is 336 g/mol. The smallest absolute Gasteiger partial charge is 0.338 e. The highest BCUT2D eigenvalue weighted by molar-refractivity contribution is 5.92. The number of aromatic nitrogens is 3. The number of carbonyl (C=O) groups is 1. The van der Waals surface area contributed by atoms with Crippen LogP contribution in [-0.4, -0.2) is 20.7 Å². The van der Waals surface area contributed by atoms with E-state index < -0.39 is 12.0 Å². The molecule has 0 radical (unpaired) electrons. The Balaban J connectivity index is 1.65. The van der Waals surface area contributed by atoms with Crippen molar-refractivity contribution in [1.29, 1.82) is 0 Å². The van der Waals surface area contributed by atoms with Gasteiger partial charge in [-0.3, -0.25) is 0 Å². The van der Waals surface area contributed by atoms with Crippen LogP contribution in [0.4, 0.5) is 5.95 Å². The van der Waals surface area contributed by atoms with Crippen LogP contribution in [0.5, 0.6) is 0 Å². The molecule has 0 saturated carbocycles. The number of fused-ring (bicyclic) bond motifs is 1. The van der Waals surface area contributed by atoms with E-state index in [1.165, 1.54) is 6.33 Å². The average Bonchev–Trinajstić information content (AvgIpc) is 3.31. The number of hydrogen-bond acceptors (Lipinski definition) is 6. The molecule has 1 N–H and O–H groups in total. The van der Waals surface area contributed by atoms with Gasteiger partial charge in [0, 0.05) is 5.70 Å². The van der Waals surface area contributed by atoms with Crippen molar-refractivity contribution in [1.82, 2.24) is 14.8 Å². The molecule has 0 unspecified atom stereocenters. The first-order valence-electron chi connectivity index (χ1n) is 7.86. The van der Waals surface area contributed by atoms with Crippen LogP contribution in [0.3, 0.4) is 0 Å². The van der Waals surface area contributed by atoms with Gasteiger partial charge in [0.25, 0.3) is 0 Å². The van der Waals surface area contributed by atoms with Crippen molar-refractivity contribution in [3.63, 3.8) is 0 Å². The van der Waals surface area contributed by atoms with Crippen molar-refractivity contribution in [2.24, 2.45) is 0 Å². The third kappa shape index (κ3) is 2.80. The third-order valence-corrected chi connectivity index (χ3v) is 4.04. The number of esters is 1. The van der Waals surface area contributed by atoms with Crippen molar-refractivity contribution in [3.8, 4) is 0 Å². The molecule has 0 fully saturated rings. The van der Waals surface area contributed by atoms with Gasteiger partial charge in [-0.1, -0.05) is 30.3 Å². The zero-order valence-electron chi connectivity index (χ0n) is 13.5. The molecule has 4 rings (SSSR count). The minimum absolute atomic E-state index is 0.200. The highest BCUT2D eigenvalue weighted by atomic mass is 16.5. The number of carbonyl (C=O) groups excluding carboxylic acids is 1. The van der Waals surface area contributed by atoms with Gasteiger partial charge >= 0.3 is 5.97 Å². The molecular formula is C18H16N4O3. The van der Waals surface area contributed by atoms with Crippen molar-refractivity contribution in [2.45, 2.75) is 19.6 Å². The fourth-order valence-corrected chi connectivity index (χ4v) is 2.87. The Labute approximate surface area is 143 Å². The van der Waals surface area contributed by atoms with Crippen LogP contribution in [0.1, 0.15) is 24.3 Å². The molecule has 0 aliphatic carbocycles. The van der Waals surface area contributed by atoms with Crippen LogP contribution in [0.2, 0.25) is 0 Å². The molecule has 0 amide bonds. The summed E-state index contributed by atoms with van der Waals surface area (Å²) in [6, 6.07) is 12.6. The summed E-state index contributed by atoms with van der Waals surface area (Å²) in [6.45, 7) is 2.01. The number of allylic oxidation sites excluding steroid dienone is 1. The molecule has 3 heterocycles. The maximum Gasteiger partial charge on any atom is 0.338 e. The first-order valence-corrected chi connectivity index (χ1v) is 7.86. The molecule has 0 saturated heterocycles. The molecule has 1 aromatic carbocycles. The van der Waals surface area contributed by atoms with Crippen molar-refractivity contribution >= 4 is 11.9 Å². The number of rotatable bonds is 4. The molecule has 25 heavy (non-hydrogen) atoms. The average molecular weight is 336 g/mol. The lowest BCUT2D eigenvalue weighted by Gasteiger charge is -2.26. The molecule has 126 valence electrons. The number of benzene rings is 1. The van der Waals surface area contributed by atoms with Gasteiger partial charge < -0.3 is 14.5 Å². The number of ether oxygens (including phenoxy) is 1. The van der Waals surface area contributed by atoms with E-state index >= 15 is 0 Å². The number of anilines is 1. The maximum atomic E-state index is 12.8. The Hall–Kier alpha value is -3.35. The van der Waals surface area contributed by atoms with Gasteiger partial charge in [-0.2, -0.15) is 10.1 Å². The lowest BCUT2D eigenvalue weighted by molar-refractivity contribution is -0.140. The Morgan fingerprint density at radius 2 is 2.12 bits per heavy atom. The van der Waals surface area contributed by atoms with E-state index in [-0.39, 0.29) is 6.61 Å². The summed E-state index contributed by atoms with van der Waals surface area (Å²) in [5, 5.41) is 7.31. The first-order chi connectivity index (χ1) is 12.2. The molecule has 0 spiro atoms. The summed E-state index contributed by atoms with van der Waals surface area (Å²) in [7, 11) is 0. The van der Waals surface area contributed by atoms with Crippen molar-refractivity contribution < 1.29 is 13.9 Å². The first kappa shape index (κ1) is 15.2. The van der Waals surface area contributed by atoms with Crippen LogP contribution in [0, 0.1) is 0 Å². The molecule has 0 bridgehead atoms. The minimum atomic E-state index is -0.517. The molecule has 1 atom stereocenters. The van der Waals surface area contributed by atoms with Gasteiger partial charge in [0.05, 0.1) is 11.8 Å². The van der Waals surface area contributed by atoms with E-state index in [2.05, 4.69) is 15.4 Å². The lowest BCUT2D eigenvalue weighted by Crippen LogP contribution is -2.29. The molecule has 1 aliphatic rings. The number of hydrogen-bond donors (Lipinski definition) is 1. The molecule has 7 heteroatoms. The standard InChI is InChI=1S/C18H16N4O3/c1-12-15(17(23)25-10-13-6-3-2-4-7-13)16(14-8-5-9-24-14)22-18(21-12)19-11-20-22/h2-9,11,16H,10H2,1H3,(H,19,20,21)/t16-/m1/s1. The van der Waals surface area contributed by atoms with E-state index in [0.29, 0.717) is 23.0 Å². The minimum Gasteiger partial charge on any atom is -0.467 e. The van der Waals surface area contributed by atoms with Crippen molar-refractivity contribution in [3.05, 3.63) is 77.6 Å². The van der Waals surface area contributed by atoms with Gasteiger partial charge in [0.15, 0.2) is 0 Å². The van der Waals surface area contributed by atoms with Gasteiger partial charge in [0.1, 0.15) is 24.7 Å². The molecule has 1 aliphatic heterocycles. The zero-order chi connectivity index (χ0) is 17.2. The van der Waals surface area contributed by atoms with E-state index in [9.17, 15) is 4.79 Å². The predicted molar refractivity (Wildman–Crippen MR) is 89.4 cm³/mol. The van der Waals surface area contributed by atoms with Gasteiger partial charge in [-0.05, 0) is 24.6 Å². The topological polar surface area (TPSA) is 82.2 Å². The van der Waals surface area contributed by atoms with Crippen LogP contribution < -0.4 is 5.32 Å². The lowest BCUT2D eigenvalue weighted by atomic mass is 10.0. The summed E-state index contributed by atoms with van der Waals surface area (Å²) in [6.07, 6.45) is 3.00. The number of nitrogens with zero attached hydrogens (tertiary/aromatic N) is 3. The highest BCUT2D eigenvalue weighted by Gasteiger charge is 2.36. The number of nitrogens with one attached hydrogen (secondary N) is 1. The Morgan fingerprint density at radius 1 is 1.28 bits per heavy atom. The van der Waals surface area contributed by atoms with E-state index in [4.69, 9.17) is 9.15 Å². The third-order valence-electron chi connectivity index (χ3n) is 4.04. The van der Waals surface area contributed by atoms with Crippen LogP contribution in [0.25, 0.3) is 0 Å². The molecule has 3 aromatic rings. The van der Waals surface area contributed by atoms with Crippen molar-refractivity contribution in [2.75, 3.05) is 5.32 Å². The van der Waals surface area contributed by atoms with Crippen LogP contribution in [-0.2, 0) is 16.1 Å². The summed E-state index contributed by atoms with van der Waals surface area (Å²) in [4.78, 5) is 17.0. The van der Waals surface area contributed by atoms with Gasteiger partial charge in [-0.25, -0.2) is 9.48 Å². The van der Waals surface area contributed by atoms with Crippen LogP contribution >= 0.6 is 0 Å². The second kappa shape index (κ2) is 6.27. The summed E-state index contributed by atoms with van der Waals surface area (Å²) in [5.74, 6) is 0.731. The molecular weight excluding hydrogens is 320 g/mol. The quantitative estimate of drug-likeness (QED) is 0.738. The number of furan rings is 1. The summed E-state index contributed by atoms with van der Waals surface area (Å²) >= 11 is 0. The maximum absolute atomic E-state index is 12.8. The van der Waals surface area contributed by atoms with Gasteiger partial charge in [-0.15, -0.1) is 0 Å².